The van der Waals surface area contributed by atoms with Crippen LogP contribution in [0, 0.1) is 0 Å². The molecule has 7 heteroatoms. The molecule has 5 nitrogen and oxygen atoms in total. The third kappa shape index (κ3) is 4.79. The first-order valence-corrected chi connectivity index (χ1v) is 7.71. The van der Waals surface area contributed by atoms with Gasteiger partial charge in [-0.3, -0.25) is 0 Å². The molecule has 0 unspecified atom stereocenters. The number of carbonyl (C=O) groups is 1. The molecular formula is C13H22BiNO4S. The Morgan fingerprint density at radius 1 is 1.10 bits per heavy atom. The van der Waals surface area contributed by atoms with Crippen LogP contribution in [0.25, 0.3) is 0 Å². The van der Waals surface area contributed by atoms with Crippen LogP contribution in [0.5, 0.6) is 0 Å². The summed E-state index contributed by atoms with van der Waals surface area (Å²) in [5.41, 5.74) is 0.0801. The van der Waals surface area contributed by atoms with Gasteiger partial charge >= 0.3 is 32.2 Å². The molecule has 0 bridgehead atoms. The summed E-state index contributed by atoms with van der Waals surface area (Å²) in [6.45, 7) is 4.78. The van der Waals surface area contributed by atoms with Crippen molar-refractivity contribution >= 4 is 42.2 Å². The van der Waals surface area contributed by atoms with E-state index in [1.165, 1.54) is 28.6 Å². The molecule has 0 aromatic heterocycles. The van der Waals surface area contributed by atoms with Gasteiger partial charge in [0.2, 0.25) is 10.0 Å². The fraction of sp³-hybridized carbons (Fsp3) is 0.462. The number of hydrogen-bond donors (Lipinski definition) is 1. The second-order valence-corrected chi connectivity index (χ2v) is 6.17. The van der Waals surface area contributed by atoms with E-state index in [1.54, 1.807) is 0 Å². The number of carboxylic acids is 1. The second-order valence-electron chi connectivity index (χ2n) is 4.23. The second kappa shape index (κ2) is 8.70. The van der Waals surface area contributed by atoms with E-state index >= 15 is 0 Å². The summed E-state index contributed by atoms with van der Waals surface area (Å²) in [4.78, 5) is 10.9. The molecule has 0 heterocycles. The van der Waals surface area contributed by atoms with E-state index in [0.717, 1.165) is 12.8 Å². The number of hydrogen-bond acceptors (Lipinski definition) is 3. The van der Waals surface area contributed by atoms with E-state index in [9.17, 15) is 13.2 Å². The van der Waals surface area contributed by atoms with Gasteiger partial charge in [-0.2, -0.15) is 4.31 Å². The van der Waals surface area contributed by atoms with Crippen LogP contribution < -0.4 is 0 Å². The van der Waals surface area contributed by atoms with Crippen molar-refractivity contribution in [2.45, 2.75) is 31.6 Å². The van der Waals surface area contributed by atoms with Crippen LogP contribution in [0.4, 0.5) is 0 Å². The molecule has 0 atom stereocenters. The quantitative estimate of drug-likeness (QED) is 0.571. The van der Waals surface area contributed by atoms with Crippen molar-refractivity contribution in [3.63, 3.8) is 0 Å². The van der Waals surface area contributed by atoms with E-state index in [0.29, 0.717) is 13.1 Å². The Hall–Kier alpha value is -0.517. The Labute approximate surface area is 139 Å². The summed E-state index contributed by atoms with van der Waals surface area (Å²) in [5, 5.41) is 8.80. The number of aromatic carboxylic acids is 1. The van der Waals surface area contributed by atoms with E-state index in [4.69, 9.17) is 5.11 Å². The molecule has 0 aliphatic carbocycles. The Bertz CT molecular complexity index is 522. The molecule has 0 saturated heterocycles. The fourth-order valence-corrected chi connectivity index (χ4v) is 3.39. The van der Waals surface area contributed by atoms with Crippen LogP contribution in [0.1, 0.15) is 37.0 Å². The summed E-state index contributed by atoms with van der Waals surface area (Å²) in [6, 6.07) is 5.31. The third-order valence-corrected chi connectivity index (χ3v) is 4.60. The molecule has 1 aromatic rings. The van der Waals surface area contributed by atoms with Crippen molar-refractivity contribution in [2.24, 2.45) is 0 Å². The molecule has 0 radical (unpaired) electrons. The van der Waals surface area contributed by atoms with Crippen molar-refractivity contribution in [1.82, 2.24) is 4.31 Å². The maximum absolute atomic E-state index is 12.4. The predicted molar refractivity (Wildman–Crippen MR) is 82.7 cm³/mol. The predicted octanol–water partition coefficient (Wildman–Crippen LogP) is 1.01. The Kier molecular flexibility index (Phi) is 8.47. The van der Waals surface area contributed by atoms with E-state index in [2.05, 4.69) is 0 Å². The molecule has 0 aliphatic heterocycles. The molecule has 20 heavy (non-hydrogen) atoms. The van der Waals surface area contributed by atoms with Crippen LogP contribution >= 0.6 is 0 Å². The van der Waals surface area contributed by atoms with Gasteiger partial charge in [0.25, 0.3) is 0 Å². The van der Waals surface area contributed by atoms with Gasteiger partial charge in [0.05, 0.1) is 10.5 Å². The molecule has 0 aliphatic rings. The number of carboxylic acid groups (broad SMARTS) is 1. The summed E-state index contributed by atoms with van der Waals surface area (Å²) in [6.07, 6.45) is 1.48. The summed E-state index contributed by atoms with van der Waals surface area (Å²) >= 11 is 0. The molecule has 0 spiro atoms. The van der Waals surface area contributed by atoms with Crippen molar-refractivity contribution in [1.29, 1.82) is 0 Å². The molecule has 1 aromatic carbocycles. The molecule has 1 rings (SSSR count). The molecule has 0 fully saturated rings. The van der Waals surface area contributed by atoms with Gasteiger partial charge in [-0.05, 0) is 37.1 Å². The van der Waals surface area contributed by atoms with Gasteiger partial charge in [0, 0.05) is 13.1 Å². The first-order valence-electron chi connectivity index (χ1n) is 6.27. The third-order valence-electron chi connectivity index (χ3n) is 2.69. The van der Waals surface area contributed by atoms with Crippen LogP contribution in [0.3, 0.4) is 0 Å². The van der Waals surface area contributed by atoms with Gasteiger partial charge < -0.3 is 5.11 Å². The minimum atomic E-state index is -3.53. The van der Waals surface area contributed by atoms with Crippen LogP contribution in [0.15, 0.2) is 29.2 Å². The van der Waals surface area contributed by atoms with E-state index < -0.39 is 16.0 Å². The van der Waals surface area contributed by atoms with Crippen LogP contribution in [-0.4, -0.2) is 63.1 Å². The number of rotatable bonds is 7. The Balaban J connectivity index is 0.00000361. The SMILES string of the molecule is CCCN(CCC)S(=O)(=O)c1ccc(C(=O)O)cc1.[BiH3]. The average Bonchev–Trinajstić information content (AvgIpc) is 2.38. The van der Waals surface area contributed by atoms with Gasteiger partial charge in [0.1, 0.15) is 0 Å². The number of benzene rings is 1. The molecule has 114 valence electrons. The Morgan fingerprint density at radius 3 is 1.90 bits per heavy atom. The topological polar surface area (TPSA) is 74.7 Å². The zero-order valence-electron chi connectivity index (χ0n) is 11.9. The minimum absolute atomic E-state index is 0. The number of nitrogens with zero attached hydrogens (tertiary/aromatic N) is 1. The molecule has 1 N–H and O–H groups in total. The monoisotopic (exact) mass is 497 g/mol. The van der Waals surface area contributed by atoms with Gasteiger partial charge in [-0.15, -0.1) is 0 Å². The molecule has 0 amide bonds. The van der Waals surface area contributed by atoms with Crippen LogP contribution in [-0.2, 0) is 10.0 Å². The van der Waals surface area contributed by atoms with Crippen molar-refractivity contribution < 1.29 is 18.3 Å². The first kappa shape index (κ1) is 19.5. The first-order chi connectivity index (χ1) is 8.93. The maximum atomic E-state index is 12.4. The normalized spacial score (nSPS) is 11.2. The van der Waals surface area contributed by atoms with Gasteiger partial charge in [0.15, 0.2) is 0 Å². The molecule has 0 saturated carbocycles. The summed E-state index contributed by atoms with van der Waals surface area (Å²) < 4.78 is 26.2. The summed E-state index contributed by atoms with van der Waals surface area (Å²) in [7, 11) is -3.53. The van der Waals surface area contributed by atoms with E-state index in [1.807, 2.05) is 13.8 Å². The zero-order chi connectivity index (χ0) is 14.5. The van der Waals surface area contributed by atoms with Gasteiger partial charge in [-0.25, -0.2) is 13.2 Å². The summed E-state index contributed by atoms with van der Waals surface area (Å²) in [5.74, 6) is -1.07. The van der Waals surface area contributed by atoms with Gasteiger partial charge in [-0.1, -0.05) is 13.8 Å². The van der Waals surface area contributed by atoms with E-state index in [-0.39, 0.29) is 36.7 Å². The zero-order valence-corrected chi connectivity index (χ0v) is 18.2. The number of sulfonamides is 1. The fourth-order valence-electron chi connectivity index (χ4n) is 1.77. The Morgan fingerprint density at radius 2 is 1.55 bits per heavy atom. The average molecular weight is 497 g/mol. The molecular weight excluding hydrogens is 475 g/mol. The van der Waals surface area contributed by atoms with Crippen molar-refractivity contribution in [3.8, 4) is 0 Å². The van der Waals surface area contributed by atoms with Crippen molar-refractivity contribution in [3.05, 3.63) is 29.8 Å². The van der Waals surface area contributed by atoms with Crippen molar-refractivity contribution in [2.75, 3.05) is 13.1 Å². The van der Waals surface area contributed by atoms with Crippen LogP contribution in [0.2, 0.25) is 0 Å². The standard InChI is InChI=1S/C13H19NO4S.Bi.3H/c1-3-9-14(10-4-2)19(17,18)12-7-5-11(6-8-12)13(15)16;;;;/h5-8H,3-4,9-10H2,1-2H3,(H,15,16);;;;.